The molecular weight excluding hydrogens is 244 g/mol. The van der Waals surface area contributed by atoms with E-state index in [1.807, 2.05) is 17.0 Å². The van der Waals surface area contributed by atoms with Crippen molar-refractivity contribution in [1.82, 2.24) is 9.55 Å². The van der Waals surface area contributed by atoms with Gasteiger partial charge in [-0.3, -0.25) is 4.57 Å². The van der Waals surface area contributed by atoms with E-state index in [1.54, 1.807) is 11.6 Å². The van der Waals surface area contributed by atoms with Crippen molar-refractivity contribution in [3.05, 3.63) is 51.8 Å². The van der Waals surface area contributed by atoms with Crippen molar-refractivity contribution in [2.24, 2.45) is 7.05 Å². The molecule has 0 aliphatic carbocycles. The molecule has 0 bridgehead atoms. The van der Waals surface area contributed by atoms with Crippen molar-refractivity contribution < 1.29 is 4.92 Å². The number of aromatic nitrogens is 2. The first kappa shape index (κ1) is 11.7. The number of nitro groups is 1. The van der Waals surface area contributed by atoms with Gasteiger partial charge in [0, 0.05) is 20.1 Å². The molecule has 1 aliphatic heterocycles. The maximum atomic E-state index is 11.0. The van der Waals surface area contributed by atoms with E-state index < -0.39 is 4.92 Å². The Balaban J connectivity index is 1.97. The van der Waals surface area contributed by atoms with Gasteiger partial charge in [-0.05, 0) is 27.5 Å². The first-order chi connectivity index (χ1) is 9.16. The van der Waals surface area contributed by atoms with Gasteiger partial charge in [0.25, 0.3) is 0 Å². The Morgan fingerprint density at radius 2 is 2.05 bits per heavy atom. The van der Waals surface area contributed by atoms with Crippen LogP contribution in [0.5, 0.6) is 0 Å². The predicted octanol–water partition coefficient (Wildman–Crippen LogP) is 1.89. The van der Waals surface area contributed by atoms with Gasteiger partial charge in [0.2, 0.25) is 12.1 Å². The molecular formula is C13H14N4O2. The van der Waals surface area contributed by atoms with E-state index in [0.29, 0.717) is 12.4 Å². The van der Waals surface area contributed by atoms with Crippen molar-refractivity contribution in [2.45, 2.75) is 13.0 Å². The third-order valence-corrected chi connectivity index (χ3v) is 3.49. The number of benzene rings is 1. The molecule has 6 heteroatoms. The lowest BCUT2D eigenvalue weighted by Gasteiger charge is -2.29. The number of rotatable bonds is 2. The van der Waals surface area contributed by atoms with Crippen molar-refractivity contribution in [2.75, 3.05) is 11.4 Å². The molecule has 1 aromatic heterocycles. The van der Waals surface area contributed by atoms with E-state index in [4.69, 9.17) is 0 Å². The number of nitrogens with zero attached hydrogens (tertiary/aromatic N) is 4. The molecule has 0 atom stereocenters. The minimum absolute atomic E-state index is 0.0677. The number of anilines is 1. The van der Waals surface area contributed by atoms with Gasteiger partial charge in [-0.25, -0.2) is 0 Å². The molecule has 98 valence electrons. The van der Waals surface area contributed by atoms with Gasteiger partial charge in [-0.15, -0.1) is 0 Å². The van der Waals surface area contributed by atoms with Gasteiger partial charge in [0.15, 0.2) is 0 Å². The monoisotopic (exact) mass is 258 g/mol. The van der Waals surface area contributed by atoms with Crippen molar-refractivity contribution in [3.63, 3.8) is 0 Å². The van der Waals surface area contributed by atoms with Crippen LogP contribution >= 0.6 is 0 Å². The minimum atomic E-state index is -0.421. The molecule has 19 heavy (non-hydrogen) atoms. The normalized spacial score (nSPS) is 14.3. The van der Waals surface area contributed by atoms with E-state index in [2.05, 4.69) is 17.1 Å². The van der Waals surface area contributed by atoms with Crippen LogP contribution in [0.3, 0.4) is 0 Å². The number of hydrogen-bond donors (Lipinski definition) is 0. The topological polar surface area (TPSA) is 64.2 Å². The quantitative estimate of drug-likeness (QED) is 0.609. The van der Waals surface area contributed by atoms with Crippen LogP contribution < -0.4 is 4.90 Å². The Labute approximate surface area is 110 Å². The van der Waals surface area contributed by atoms with Crippen molar-refractivity contribution >= 4 is 11.6 Å². The van der Waals surface area contributed by atoms with Gasteiger partial charge in [0.05, 0.1) is 0 Å². The highest BCUT2D eigenvalue weighted by atomic mass is 16.6. The van der Waals surface area contributed by atoms with Crippen LogP contribution in [0.15, 0.2) is 30.6 Å². The summed E-state index contributed by atoms with van der Waals surface area (Å²) < 4.78 is 1.71. The molecule has 1 aliphatic rings. The molecule has 0 N–H and O–H groups in total. The first-order valence-electron chi connectivity index (χ1n) is 6.14. The lowest BCUT2D eigenvalue weighted by atomic mass is 10.00. The molecule has 2 aromatic rings. The number of hydrogen-bond acceptors (Lipinski definition) is 4. The van der Waals surface area contributed by atoms with Crippen LogP contribution in [0.4, 0.5) is 11.6 Å². The molecule has 0 spiro atoms. The number of imidazole rings is 1. The summed E-state index contributed by atoms with van der Waals surface area (Å²) in [7, 11) is 1.79. The average Bonchev–Trinajstić information content (AvgIpc) is 2.80. The zero-order valence-electron chi connectivity index (χ0n) is 10.6. The highest BCUT2D eigenvalue weighted by Gasteiger charge is 2.27. The third-order valence-electron chi connectivity index (χ3n) is 3.49. The fourth-order valence-electron chi connectivity index (χ4n) is 2.58. The highest BCUT2D eigenvalue weighted by molar-refractivity contribution is 5.56. The maximum absolute atomic E-state index is 11.0. The minimum Gasteiger partial charge on any atom is -0.358 e. The van der Waals surface area contributed by atoms with E-state index in [1.165, 1.54) is 17.5 Å². The molecule has 0 fully saturated rings. The zero-order chi connectivity index (χ0) is 13.4. The molecule has 0 saturated heterocycles. The van der Waals surface area contributed by atoms with Gasteiger partial charge < -0.3 is 15.0 Å². The maximum Gasteiger partial charge on any atom is 0.406 e. The predicted molar refractivity (Wildman–Crippen MR) is 71.1 cm³/mol. The van der Waals surface area contributed by atoms with Gasteiger partial charge in [-0.2, -0.15) is 0 Å². The Kier molecular flexibility index (Phi) is 2.70. The molecule has 6 nitrogen and oxygen atoms in total. The second-order valence-corrected chi connectivity index (χ2v) is 4.70. The van der Waals surface area contributed by atoms with Gasteiger partial charge >= 0.3 is 5.82 Å². The summed E-state index contributed by atoms with van der Waals surface area (Å²) in [5.74, 6) is 0.515. The van der Waals surface area contributed by atoms with Crippen LogP contribution in [0.25, 0.3) is 0 Å². The zero-order valence-corrected chi connectivity index (χ0v) is 10.6. The van der Waals surface area contributed by atoms with Crippen molar-refractivity contribution in [1.29, 1.82) is 0 Å². The van der Waals surface area contributed by atoms with Crippen LogP contribution in [-0.2, 0) is 20.0 Å². The lowest BCUT2D eigenvalue weighted by Crippen LogP contribution is -2.32. The Hall–Kier alpha value is -2.37. The fourth-order valence-corrected chi connectivity index (χ4v) is 2.58. The summed E-state index contributed by atoms with van der Waals surface area (Å²) in [6.45, 7) is 1.47. The number of aryl methyl sites for hydroxylation is 1. The molecule has 0 unspecified atom stereocenters. The molecule has 1 aromatic carbocycles. The van der Waals surface area contributed by atoms with Crippen LogP contribution in [0.1, 0.15) is 11.1 Å². The summed E-state index contributed by atoms with van der Waals surface area (Å²) in [6, 6.07) is 8.22. The molecule has 0 saturated carbocycles. The summed E-state index contributed by atoms with van der Waals surface area (Å²) in [6.07, 6.45) is 2.40. The second-order valence-electron chi connectivity index (χ2n) is 4.70. The van der Waals surface area contributed by atoms with Crippen LogP contribution in [-0.4, -0.2) is 21.0 Å². The summed E-state index contributed by atoms with van der Waals surface area (Å²) >= 11 is 0. The van der Waals surface area contributed by atoms with Crippen LogP contribution in [0.2, 0.25) is 0 Å². The van der Waals surface area contributed by atoms with E-state index >= 15 is 0 Å². The SMILES string of the molecule is Cn1cnc([N+](=O)[O-])c1N1CCc2ccccc2C1. The summed E-state index contributed by atoms with van der Waals surface area (Å²) in [4.78, 5) is 16.5. The van der Waals surface area contributed by atoms with E-state index in [9.17, 15) is 10.1 Å². The summed E-state index contributed by atoms with van der Waals surface area (Å²) in [5, 5.41) is 11.0. The standard InChI is InChI=1S/C13H14N4O2/c1-15-9-14-12(17(18)19)13(15)16-7-6-10-4-2-3-5-11(10)8-16/h2-5,9H,6-8H2,1H3. The summed E-state index contributed by atoms with van der Waals surface area (Å²) in [5.41, 5.74) is 2.55. The Morgan fingerprint density at radius 1 is 1.32 bits per heavy atom. The van der Waals surface area contributed by atoms with Gasteiger partial charge in [0.1, 0.15) is 0 Å². The molecule has 3 rings (SSSR count). The average molecular weight is 258 g/mol. The van der Waals surface area contributed by atoms with Crippen LogP contribution in [0, 0.1) is 10.1 Å². The third kappa shape index (κ3) is 1.95. The smallest absolute Gasteiger partial charge is 0.358 e. The Morgan fingerprint density at radius 3 is 2.79 bits per heavy atom. The first-order valence-corrected chi connectivity index (χ1v) is 6.14. The lowest BCUT2D eigenvalue weighted by molar-refractivity contribution is -0.388. The molecule has 0 amide bonds. The highest BCUT2D eigenvalue weighted by Crippen LogP contribution is 2.30. The second kappa shape index (κ2) is 4.38. The van der Waals surface area contributed by atoms with Crippen molar-refractivity contribution in [3.8, 4) is 0 Å². The van der Waals surface area contributed by atoms with Gasteiger partial charge in [-0.1, -0.05) is 24.3 Å². The fraction of sp³-hybridized carbons (Fsp3) is 0.308. The molecule has 2 heterocycles. The molecule has 0 radical (unpaired) electrons. The van der Waals surface area contributed by atoms with E-state index in [-0.39, 0.29) is 5.82 Å². The van der Waals surface area contributed by atoms with E-state index in [0.717, 1.165) is 13.0 Å². The largest absolute Gasteiger partial charge is 0.406 e. The Bertz CT molecular complexity index is 635. The number of fused-ring (bicyclic) bond motifs is 1.